The maximum atomic E-state index is 12.7. The highest BCUT2D eigenvalue weighted by Crippen LogP contribution is 2.44. The molecule has 4 nitrogen and oxygen atoms in total. The van der Waals surface area contributed by atoms with Gasteiger partial charge in [0.25, 0.3) is 0 Å². The SMILES string of the molecule is NC(=O)C(Cl)c1cc(C(F)(F)C(F)(F)F)on1. The van der Waals surface area contributed by atoms with Gasteiger partial charge in [-0.05, 0) is 0 Å². The first-order valence-corrected chi connectivity index (χ1v) is 4.36. The van der Waals surface area contributed by atoms with E-state index in [0.717, 1.165) is 0 Å². The van der Waals surface area contributed by atoms with E-state index in [-0.39, 0.29) is 6.07 Å². The summed E-state index contributed by atoms with van der Waals surface area (Å²) in [7, 11) is 0. The Labute approximate surface area is 95.5 Å². The first-order chi connectivity index (χ1) is 7.57. The van der Waals surface area contributed by atoms with E-state index in [2.05, 4.69) is 9.68 Å². The molecule has 0 fully saturated rings. The van der Waals surface area contributed by atoms with Gasteiger partial charge in [0.1, 0.15) is 5.69 Å². The van der Waals surface area contributed by atoms with Crippen LogP contribution in [-0.4, -0.2) is 17.2 Å². The average Bonchev–Trinajstić information content (AvgIpc) is 2.63. The Hall–Kier alpha value is -1.38. The van der Waals surface area contributed by atoms with E-state index in [1.54, 1.807) is 0 Å². The van der Waals surface area contributed by atoms with Crippen LogP contribution in [0.3, 0.4) is 0 Å². The average molecular weight is 279 g/mol. The first kappa shape index (κ1) is 13.7. The Morgan fingerprint density at radius 3 is 2.35 bits per heavy atom. The van der Waals surface area contributed by atoms with Crippen molar-refractivity contribution < 1.29 is 31.3 Å². The standard InChI is InChI=1S/C7H4ClF5N2O2/c8-4(5(14)16)2-1-3(17-15-2)6(9,10)7(11,12)13/h1,4H,(H2,14,16). The minimum atomic E-state index is -5.83. The van der Waals surface area contributed by atoms with Crippen LogP contribution in [0.1, 0.15) is 16.8 Å². The number of nitrogens with zero attached hydrogens (tertiary/aromatic N) is 1. The van der Waals surface area contributed by atoms with Crippen LogP contribution >= 0.6 is 11.6 Å². The number of alkyl halides is 6. The molecule has 0 spiro atoms. The minimum Gasteiger partial charge on any atom is -0.368 e. The molecule has 1 rings (SSSR count). The summed E-state index contributed by atoms with van der Waals surface area (Å²) >= 11 is 5.30. The van der Waals surface area contributed by atoms with Crippen LogP contribution in [0.4, 0.5) is 22.0 Å². The van der Waals surface area contributed by atoms with Crippen LogP contribution in [0.5, 0.6) is 0 Å². The summed E-state index contributed by atoms with van der Waals surface area (Å²) < 4.78 is 65.0. The van der Waals surface area contributed by atoms with E-state index in [1.807, 2.05) is 0 Å². The molecule has 96 valence electrons. The fourth-order valence-electron chi connectivity index (χ4n) is 0.842. The Bertz CT molecular complexity index is 430. The van der Waals surface area contributed by atoms with Crippen LogP contribution in [0.15, 0.2) is 10.6 Å². The zero-order valence-corrected chi connectivity index (χ0v) is 8.52. The Morgan fingerprint density at radius 1 is 1.41 bits per heavy atom. The van der Waals surface area contributed by atoms with Crippen molar-refractivity contribution in [2.45, 2.75) is 17.5 Å². The Balaban J connectivity index is 3.08. The van der Waals surface area contributed by atoms with E-state index < -0.39 is 34.8 Å². The predicted octanol–water partition coefficient (Wildman–Crippen LogP) is 2.09. The van der Waals surface area contributed by atoms with Crippen molar-refractivity contribution in [1.82, 2.24) is 5.16 Å². The van der Waals surface area contributed by atoms with Gasteiger partial charge in [-0.1, -0.05) is 5.16 Å². The number of carbonyl (C=O) groups excluding carboxylic acids is 1. The van der Waals surface area contributed by atoms with Gasteiger partial charge in [0.15, 0.2) is 5.38 Å². The molecule has 1 atom stereocenters. The largest absolute Gasteiger partial charge is 0.461 e. The highest BCUT2D eigenvalue weighted by Gasteiger charge is 2.61. The highest BCUT2D eigenvalue weighted by molar-refractivity contribution is 6.30. The molecule has 1 aromatic heterocycles. The number of primary amides is 1. The summed E-state index contributed by atoms with van der Waals surface area (Å²) in [4.78, 5) is 10.6. The van der Waals surface area contributed by atoms with Crippen LogP contribution in [0, 0.1) is 0 Å². The van der Waals surface area contributed by atoms with E-state index in [1.165, 1.54) is 0 Å². The minimum absolute atomic E-state index is 0.232. The van der Waals surface area contributed by atoms with Crippen molar-refractivity contribution in [3.05, 3.63) is 17.5 Å². The number of carbonyl (C=O) groups is 1. The van der Waals surface area contributed by atoms with Crippen molar-refractivity contribution in [3.8, 4) is 0 Å². The summed E-state index contributed by atoms with van der Waals surface area (Å²) in [5.41, 5.74) is 4.10. The van der Waals surface area contributed by atoms with Crippen molar-refractivity contribution in [1.29, 1.82) is 0 Å². The lowest BCUT2D eigenvalue weighted by atomic mass is 10.2. The molecule has 10 heteroatoms. The summed E-state index contributed by atoms with van der Waals surface area (Å²) in [6.07, 6.45) is -5.83. The lowest BCUT2D eigenvalue weighted by Gasteiger charge is -2.15. The van der Waals surface area contributed by atoms with Gasteiger partial charge in [-0.2, -0.15) is 22.0 Å². The number of rotatable bonds is 3. The third-order valence-electron chi connectivity index (χ3n) is 1.70. The monoisotopic (exact) mass is 278 g/mol. The van der Waals surface area contributed by atoms with Gasteiger partial charge < -0.3 is 10.3 Å². The number of amides is 1. The molecule has 0 saturated heterocycles. The number of hydrogen-bond donors (Lipinski definition) is 1. The lowest BCUT2D eigenvalue weighted by Crippen LogP contribution is -2.33. The van der Waals surface area contributed by atoms with Gasteiger partial charge in [-0.25, -0.2) is 0 Å². The molecule has 0 bridgehead atoms. The van der Waals surface area contributed by atoms with E-state index in [4.69, 9.17) is 17.3 Å². The zero-order chi connectivity index (χ0) is 13.4. The van der Waals surface area contributed by atoms with Crippen LogP contribution in [-0.2, 0) is 10.7 Å². The summed E-state index contributed by atoms with van der Waals surface area (Å²) in [5.74, 6) is -8.12. The normalized spacial score (nSPS) is 14.7. The highest BCUT2D eigenvalue weighted by atomic mass is 35.5. The van der Waals surface area contributed by atoms with E-state index in [0.29, 0.717) is 0 Å². The molecule has 1 aromatic rings. The molecule has 1 heterocycles. The second-order valence-corrected chi connectivity index (χ2v) is 3.39. The molecule has 1 unspecified atom stereocenters. The van der Waals surface area contributed by atoms with Gasteiger partial charge in [-0.3, -0.25) is 4.79 Å². The molecule has 0 saturated carbocycles. The molecule has 0 aliphatic heterocycles. The molecule has 0 aromatic carbocycles. The number of aromatic nitrogens is 1. The second-order valence-electron chi connectivity index (χ2n) is 2.95. The maximum Gasteiger partial charge on any atom is 0.461 e. The predicted molar refractivity (Wildman–Crippen MR) is 44.2 cm³/mol. The number of hydrogen-bond acceptors (Lipinski definition) is 3. The molecular formula is C7H4ClF5N2O2. The molecule has 0 radical (unpaired) electrons. The smallest absolute Gasteiger partial charge is 0.368 e. The summed E-state index contributed by atoms with van der Waals surface area (Å²) in [6.45, 7) is 0. The van der Waals surface area contributed by atoms with Crippen molar-refractivity contribution >= 4 is 17.5 Å². The Kier molecular flexibility index (Phi) is 3.33. The number of halogens is 6. The van der Waals surface area contributed by atoms with E-state index in [9.17, 15) is 26.7 Å². The maximum absolute atomic E-state index is 12.7. The van der Waals surface area contributed by atoms with Gasteiger partial charge >= 0.3 is 12.1 Å². The molecule has 0 aliphatic rings. The fourth-order valence-corrected chi connectivity index (χ4v) is 0.945. The third kappa shape index (κ3) is 2.48. The number of nitrogens with two attached hydrogens (primary N) is 1. The van der Waals surface area contributed by atoms with Gasteiger partial charge in [0, 0.05) is 6.07 Å². The molecule has 1 amide bonds. The molecule has 2 N–H and O–H groups in total. The van der Waals surface area contributed by atoms with Gasteiger partial charge in [-0.15, -0.1) is 11.6 Å². The van der Waals surface area contributed by atoms with E-state index >= 15 is 0 Å². The summed E-state index contributed by atoms with van der Waals surface area (Å²) in [5, 5.41) is 1.19. The van der Waals surface area contributed by atoms with Crippen LogP contribution in [0.2, 0.25) is 0 Å². The third-order valence-corrected chi connectivity index (χ3v) is 2.14. The van der Waals surface area contributed by atoms with Crippen molar-refractivity contribution in [2.75, 3.05) is 0 Å². The topological polar surface area (TPSA) is 69.1 Å². The Morgan fingerprint density at radius 2 is 1.94 bits per heavy atom. The van der Waals surface area contributed by atoms with Gasteiger partial charge in [0.2, 0.25) is 11.7 Å². The fraction of sp³-hybridized carbons (Fsp3) is 0.429. The van der Waals surface area contributed by atoms with Crippen molar-refractivity contribution in [2.24, 2.45) is 5.73 Å². The first-order valence-electron chi connectivity index (χ1n) is 3.92. The van der Waals surface area contributed by atoms with Crippen molar-refractivity contribution in [3.63, 3.8) is 0 Å². The van der Waals surface area contributed by atoms with Crippen LogP contribution < -0.4 is 5.73 Å². The van der Waals surface area contributed by atoms with Gasteiger partial charge in [0.05, 0.1) is 0 Å². The quantitative estimate of drug-likeness (QED) is 0.680. The zero-order valence-electron chi connectivity index (χ0n) is 7.76. The molecular weight excluding hydrogens is 275 g/mol. The molecule has 0 aliphatic carbocycles. The summed E-state index contributed by atoms with van der Waals surface area (Å²) in [6, 6.07) is 0.232. The molecule has 17 heavy (non-hydrogen) atoms. The lowest BCUT2D eigenvalue weighted by molar-refractivity contribution is -0.296. The second kappa shape index (κ2) is 4.13. The van der Waals surface area contributed by atoms with Crippen LogP contribution in [0.25, 0.3) is 0 Å².